The Kier molecular flexibility index (Phi) is 5.89. The molecule has 1 N–H and O–H groups in total. The standard InChI is InChI=1S/C21H16F2N4O3S/c1-29-15-8-4-14(5-9-15)27-12-17(19-24-10-11-31-19)25-21(27)26-18(28)13-2-6-16(7-3-13)30-20(22)23/h2-12,20H,1H3,(H,25,26,28). The first-order valence-electron chi connectivity index (χ1n) is 9.03. The lowest BCUT2D eigenvalue weighted by Crippen LogP contribution is -2.15. The number of nitrogens with one attached hydrogen (secondary N) is 1. The van der Waals surface area contributed by atoms with Gasteiger partial charge in [-0.25, -0.2) is 9.97 Å². The summed E-state index contributed by atoms with van der Waals surface area (Å²) in [6.45, 7) is -2.93. The van der Waals surface area contributed by atoms with Crippen LogP contribution in [-0.2, 0) is 0 Å². The molecule has 0 saturated heterocycles. The van der Waals surface area contributed by atoms with Gasteiger partial charge < -0.3 is 9.47 Å². The molecule has 0 saturated carbocycles. The van der Waals surface area contributed by atoms with Gasteiger partial charge in [-0.2, -0.15) is 8.78 Å². The highest BCUT2D eigenvalue weighted by atomic mass is 32.1. The van der Waals surface area contributed by atoms with Gasteiger partial charge in [0.2, 0.25) is 5.95 Å². The third-order valence-corrected chi connectivity index (χ3v) is 5.07. The molecule has 158 valence electrons. The summed E-state index contributed by atoms with van der Waals surface area (Å²) in [7, 11) is 1.58. The van der Waals surface area contributed by atoms with E-state index in [0.29, 0.717) is 16.5 Å². The Labute approximate surface area is 179 Å². The molecule has 0 unspecified atom stereocenters. The summed E-state index contributed by atoms with van der Waals surface area (Å²) in [5.74, 6) is 0.501. The summed E-state index contributed by atoms with van der Waals surface area (Å²) < 4.78 is 35.9. The van der Waals surface area contributed by atoms with Crippen molar-refractivity contribution in [3.63, 3.8) is 0 Å². The molecule has 2 aromatic heterocycles. The summed E-state index contributed by atoms with van der Waals surface area (Å²) in [5, 5.41) is 5.31. The number of benzene rings is 2. The molecule has 0 bridgehead atoms. The van der Waals surface area contributed by atoms with Crippen LogP contribution in [0.5, 0.6) is 11.5 Å². The number of hydrogen-bond donors (Lipinski definition) is 1. The minimum absolute atomic E-state index is 0.0302. The molecule has 2 aromatic carbocycles. The second kappa shape index (κ2) is 8.92. The maximum absolute atomic E-state index is 12.7. The maximum Gasteiger partial charge on any atom is 0.387 e. The van der Waals surface area contributed by atoms with Crippen molar-refractivity contribution in [3.05, 3.63) is 71.9 Å². The van der Waals surface area contributed by atoms with Crippen LogP contribution >= 0.6 is 11.3 Å². The van der Waals surface area contributed by atoms with Gasteiger partial charge in [-0.3, -0.25) is 14.7 Å². The summed E-state index contributed by atoms with van der Waals surface area (Å²) >= 11 is 1.43. The number of aromatic nitrogens is 3. The molecule has 0 spiro atoms. The van der Waals surface area contributed by atoms with Crippen molar-refractivity contribution >= 4 is 23.2 Å². The topological polar surface area (TPSA) is 78.3 Å². The van der Waals surface area contributed by atoms with E-state index in [2.05, 4.69) is 20.0 Å². The highest BCUT2D eigenvalue weighted by Crippen LogP contribution is 2.27. The Bertz CT molecular complexity index is 1160. The fourth-order valence-electron chi connectivity index (χ4n) is 2.82. The Hall–Kier alpha value is -3.79. The fraction of sp³-hybridized carbons (Fsp3) is 0.0952. The van der Waals surface area contributed by atoms with E-state index in [9.17, 15) is 13.6 Å². The number of alkyl halides is 2. The van der Waals surface area contributed by atoms with Gasteiger partial charge in [-0.1, -0.05) is 0 Å². The summed E-state index contributed by atoms with van der Waals surface area (Å²) in [6, 6.07) is 12.7. The van der Waals surface area contributed by atoms with Crippen molar-refractivity contribution in [3.8, 4) is 27.9 Å². The van der Waals surface area contributed by atoms with E-state index >= 15 is 0 Å². The molecule has 0 aliphatic heterocycles. The van der Waals surface area contributed by atoms with Crippen LogP contribution in [-0.4, -0.2) is 34.2 Å². The third-order valence-electron chi connectivity index (χ3n) is 4.27. The Morgan fingerprint density at radius 3 is 2.42 bits per heavy atom. The second-order valence-corrected chi connectivity index (χ2v) is 7.11. The fourth-order valence-corrected chi connectivity index (χ4v) is 3.41. The highest BCUT2D eigenvalue weighted by Gasteiger charge is 2.16. The average molecular weight is 442 g/mol. The highest BCUT2D eigenvalue weighted by molar-refractivity contribution is 7.13. The van der Waals surface area contributed by atoms with E-state index in [0.717, 1.165) is 5.69 Å². The van der Waals surface area contributed by atoms with Crippen LogP contribution in [0.25, 0.3) is 16.4 Å². The predicted molar refractivity (Wildman–Crippen MR) is 112 cm³/mol. The summed E-state index contributed by atoms with van der Waals surface area (Å²) in [4.78, 5) is 21.5. The maximum atomic E-state index is 12.7. The molecular weight excluding hydrogens is 426 g/mol. The zero-order valence-corrected chi connectivity index (χ0v) is 17.0. The molecular formula is C21H16F2N4O3S. The lowest BCUT2D eigenvalue weighted by Gasteiger charge is -2.10. The summed E-state index contributed by atoms with van der Waals surface area (Å²) in [6.07, 6.45) is 3.45. The molecule has 7 nitrogen and oxygen atoms in total. The van der Waals surface area contributed by atoms with Gasteiger partial charge in [0.1, 0.15) is 22.2 Å². The normalized spacial score (nSPS) is 10.8. The molecule has 4 aromatic rings. The number of amides is 1. The number of thiazole rings is 1. The number of anilines is 1. The van der Waals surface area contributed by atoms with Crippen LogP contribution in [0.15, 0.2) is 66.3 Å². The summed E-state index contributed by atoms with van der Waals surface area (Å²) in [5.41, 5.74) is 1.62. The molecule has 0 aliphatic rings. The number of rotatable bonds is 7. The monoisotopic (exact) mass is 442 g/mol. The minimum atomic E-state index is -2.93. The van der Waals surface area contributed by atoms with E-state index in [1.807, 2.05) is 17.5 Å². The van der Waals surface area contributed by atoms with E-state index in [-0.39, 0.29) is 17.3 Å². The third kappa shape index (κ3) is 4.69. The van der Waals surface area contributed by atoms with E-state index in [1.54, 1.807) is 36.2 Å². The quantitative estimate of drug-likeness (QED) is 0.442. The molecule has 31 heavy (non-hydrogen) atoms. The molecule has 4 rings (SSSR count). The molecule has 0 atom stereocenters. The molecule has 10 heteroatoms. The predicted octanol–water partition coefficient (Wildman–Crippen LogP) is 4.86. The van der Waals surface area contributed by atoms with E-state index in [4.69, 9.17) is 4.74 Å². The molecule has 0 radical (unpaired) electrons. The van der Waals surface area contributed by atoms with Crippen molar-refractivity contribution in [1.82, 2.24) is 14.5 Å². The van der Waals surface area contributed by atoms with Crippen LogP contribution in [0.4, 0.5) is 14.7 Å². The molecule has 0 aliphatic carbocycles. The first kappa shape index (κ1) is 20.5. The first-order valence-corrected chi connectivity index (χ1v) is 9.91. The largest absolute Gasteiger partial charge is 0.497 e. The number of methoxy groups -OCH3 is 1. The van der Waals surface area contributed by atoms with Crippen LogP contribution < -0.4 is 14.8 Å². The lowest BCUT2D eigenvalue weighted by molar-refractivity contribution is -0.0498. The number of halogens is 2. The van der Waals surface area contributed by atoms with Crippen LogP contribution in [0.1, 0.15) is 10.4 Å². The van der Waals surface area contributed by atoms with Crippen molar-refractivity contribution in [1.29, 1.82) is 0 Å². The van der Waals surface area contributed by atoms with E-state index in [1.165, 1.54) is 35.6 Å². The zero-order valence-electron chi connectivity index (χ0n) is 16.2. The Balaban J connectivity index is 1.63. The Morgan fingerprint density at radius 1 is 1.10 bits per heavy atom. The van der Waals surface area contributed by atoms with E-state index < -0.39 is 12.5 Å². The smallest absolute Gasteiger partial charge is 0.387 e. The number of imidazole rings is 1. The van der Waals surface area contributed by atoms with Crippen molar-refractivity contribution in [2.75, 3.05) is 12.4 Å². The SMILES string of the molecule is COc1ccc(-n2cc(-c3nccs3)nc2NC(=O)c2ccc(OC(F)F)cc2)cc1. The number of nitrogens with zero attached hydrogens (tertiary/aromatic N) is 3. The van der Waals surface area contributed by atoms with Gasteiger partial charge >= 0.3 is 6.61 Å². The van der Waals surface area contributed by atoms with Gasteiger partial charge in [0.15, 0.2) is 0 Å². The zero-order chi connectivity index (χ0) is 21.8. The van der Waals surface area contributed by atoms with Gasteiger partial charge in [0, 0.05) is 29.0 Å². The molecule has 2 heterocycles. The first-order chi connectivity index (χ1) is 15.0. The van der Waals surface area contributed by atoms with Crippen LogP contribution in [0.2, 0.25) is 0 Å². The number of carbonyl (C=O) groups excluding carboxylic acids is 1. The Morgan fingerprint density at radius 2 is 1.81 bits per heavy atom. The molecule has 0 fully saturated rings. The van der Waals surface area contributed by atoms with Crippen LogP contribution in [0.3, 0.4) is 0 Å². The van der Waals surface area contributed by atoms with Crippen LogP contribution in [0, 0.1) is 0 Å². The van der Waals surface area contributed by atoms with Crippen molar-refractivity contribution in [2.45, 2.75) is 6.61 Å². The van der Waals surface area contributed by atoms with Gasteiger partial charge in [0.25, 0.3) is 5.91 Å². The van der Waals surface area contributed by atoms with Crippen molar-refractivity contribution < 1.29 is 23.0 Å². The van der Waals surface area contributed by atoms with Gasteiger partial charge in [-0.15, -0.1) is 11.3 Å². The lowest BCUT2D eigenvalue weighted by atomic mass is 10.2. The minimum Gasteiger partial charge on any atom is -0.497 e. The number of hydrogen-bond acceptors (Lipinski definition) is 6. The van der Waals surface area contributed by atoms with Gasteiger partial charge in [-0.05, 0) is 48.5 Å². The number of ether oxygens (including phenoxy) is 2. The number of carbonyl (C=O) groups is 1. The van der Waals surface area contributed by atoms with Crippen molar-refractivity contribution in [2.24, 2.45) is 0 Å². The average Bonchev–Trinajstić information content (AvgIpc) is 3.44. The van der Waals surface area contributed by atoms with Gasteiger partial charge in [0.05, 0.1) is 7.11 Å². The second-order valence-electron chi connectivity index (χ2n) is 6.21. The molecule has 1 amide bonds.